The Hall–Kier alpha value is -1.11. The molecule has 23 heavy (non-hydrogen) atoms. The average Bonchev–Trinajstić information content (AvgIpc) is 2.79. The topological polar surface area (TPSA) is 57.7 Å². The summed E-state index contributed by atoms with van der Waals surface area (Å²) in [4.78, 5) is 14.2. The second-order valence-electron chi connectivity index (χ2n) is 6.22. The highest BCUT2D eigenvalue weighted by Gasteiger charge is 2.33. The molecule has 1 unspecified atom stereocenters. The molecule has 1 amide bonds. The smallest absolute Gasteiger partial charge is 0.238 e. The van der Waals surface area contributed by atoms with E-state index < -0.39 is 10.0 Å². The molecule has 1 saturated heterocycles. The molecular formula is C16H23ClN2O3S. The lowest BCUT2D eigenvalue weighted by atomic mass is 9.94. The molecule has 1 aliphatic heterocycles. The first-order valence-electron chi connectivity index (χ1n) is 7.72. The van der Waals surface area contributed by atoms with Crippen LogP contribution in [0, 0.1) is 5.92 Å². The Morgan fingerprint density at radius 1 is 1.35 bits per heavy atom. The summed E-state index contributed by atoms with van der Waals surface area (Å²) in [5.74, 6) is 0.0652. The van der Waals surface area contributed by atoms with E-state index in [0.29, 0.717) is 18.0 Å². The lowest BCUT2D eigenvalue weighted by molar-refractivity contribution is -0.133. The first kappa shape index (κ1) is 18.2. The molecule has 1 heterocycles. The molecule has 128 valence electrons. The molecule has 0 N–H and O–H groups in total. The van der Waals surface area contributed by atoms with Crippen LogP contribution in [-0.4, -0.2) is 49.4 Å². The minimum absolute atomic E-state index is 0.105. The predicted molar refractivity (Wildman–Crippen MR) is 91.8 cm³/mol. The van der Waals surface area contributed by atoms with Gasteiger partial charge in [-0.05, 0) is 24.0 Å². The Bertz CT molecular complexity index is 676. The first-order valence-corrected chi connectivity index (χ1v) is 9.70. The van der Waals surface area contributed by atoms with E-state index in [2.05, 4.69) is 0 Å². The Labute approximate surface area is 143 Å². The van der Waals surface area contributed by atoms with Crippen molar-refractivity contribution in [3.8, 4) is 0 Å². The SMILES string of the molecule is CC(C)C(c1ccccc1Cl)N(C)C(=O)CN1CCCS1(=O)=O. The number of amides is 1. The van der Waals surface area contributed by atoms with Gasteiger partial charge in [-0.25, -0.2) is 8.42 Å². The summed E-state index contributed by atoms with van der Waals surface area (Å²) < 4.78 is 25.0. The number of sulfonamides is 1. The summed E-state index contributed by atoms with van der Waals surface area (Å²) in [6.45, 7) is 4.35. The third kappa shape index (κ3) is 4.05. The van der Waals surface area contributed by atoms with E-state index in [1.165, 1.54) is 4.31 Å². The lowest BCUT2D eigenvalue weighted by Gasteiger charge is -2.33. The second kappa shape index (κ2) is 7.20. The molecule has 7 heteroatoms. The van der Waals surface area contributed by atoms with Gasteiger partial charge in [0.2, 0.25) is 15.9 Å². The summed E-state index contributed by atoms with van der Waals surface area (Å²) in [7, 11) is -1.57. The van der Waals surface area contributed by atoms with Crippen molar-refractivity contribution in [3.05, 3.63) is 34.9 Å². The number of rotatable bonds is 5. The highest BCUT2D eigenvalue weighted by atomic mass is 35.5. The molecule has 0 spiro atoms. The van der Waals surface area contributed by atoms with Gasteiger partial charge in [0, 0.05) is 18.6 Å². The highest BCUT2D eigenvalue weighted by Crippen LogP contribution is 2.32. The predicted octanol–water partition coefficient (Wildman–Crippen LogP) is 2.53. The van der Waals surface area contributed by atoms with E-state index >= 15 is 0 Å². The van der Waals surface area contributed by atoms with Crippen LogP contribution in [0.3, 0.4) is 0 Å². The zero-order valence-electron chi connectivity index (χ0n) is 13.7. The quantitative estimate of drug-likeness (QED) is 0.812. The van der Waals surface area contributed by atoms with Crippen molar-refractivity contribution >= 4 is 27.5 Å². The van der Waals surface area contributed by atoms with Gasteiger partial charge in [-0.2, -0.15) is 4.31 Å². The van der Waals surface area contributed by atoms with Gasteiger partial charge in [0.25, 0.3) is 0 Å². The monoisotopic (exact) mass is 358 g/mol. The van der Waals surface area contributed by atoms with Crippen molar-refractivity contribution in [1.29, 1.82) is 0 Å². The van der Waals surface area contributed by atoms with Crippen LogP contribution in [0.1, 0.15) is 31.9 Å². The maximum Gasteiger partial charge on any atom is 0.238 e. The van der Waals surface area contributed by atoms with Gasteiger partial charge in [0.05, 0.1) is 18.3 Å². The van der Waals surface area contributed by atoms with Gasteiger partial charge in [-0.15, -0.1) is 0 Å². The van der Waals surface area contributed by atoms with Crippen LogP contribution in [0.5, 0.6) is 0 Å². The van der Waals surface area contributed by atoms with Crippen LogP contribution in [0.2, 0.25) is 5.02 Å². The molecule has 1 aromatic rings. The molecule has 1 atom stereocenters. The zero-order valence-corrected chi connectivity index (χ0v) is 15.3. The van der Waals surface area contributed by atoms with Crippen molar-refractivity contribution in [2.45, 2.75) is 26.3 Å². The molecule has 2 rings (SSSR count). The summed E-state index contributed by atoms with van der Waals surface area (Å²) in [5.41, 5.74) is 0.879. The normalized spacial score (nSPS) is 19.0. The summed E-state index contributed by atoms with van der Waals surface area (Å²) in [6, 6.07) is 7.25. The molecule has 1 aromatic carbocycles. The summed E-state index contributed by atoms with van der Waals surface area (Å²) >= 11 is 6.28. The van der Waals surface area contributed by atoms with E-state index in [-0.39, 0.29) is 30.2 Å². The van der Waals surface area contributed by atoms with Crippen LogP contribution in [0.4, 0.5) is 0 Å². The average molecular weight is 359 g/mol. The van der Waals surface area contributed by atoms with Gasteiger partial charge in [0.1, 0.15) is 0 Å². The third-order valence-electron chi connectivity index (χ3n) is 4.18. The highest BCUT2D eigenvalue weighted by molar-refractivity contribution is 7.89. The van der Waals surface area contributed by atoms with Crippen molar-refractivity contribution in [1.82, 2.24) is 9.21 Å². The van der Waals surface area contributed by atoms with Gasteiger partial charge in [-0.1, -0.05) is 43.6 Å². The van der Waals surface area contributed by atoms with Crippen LogP contribution >= 0.6 is 11.6 Å². The van der Waals surface area contributed by atoms with Crippen LogP contribution in [0.15, 0.2) is 24.3 Å². The molecule has 0 radical (unpaired) electrons. The largest absolute Gasteiger partial charge is 0.337 e. The van der Waals surface area contributed by atoms with Crippen LogP contribution < -0.4 is 0 Å². The number of likely N-dealkylation sites (N-methyl/N-ethyl adjacent to an activating group) is 1. The van der Waals surface area contributed by atoms with Crippen molar-refractivity contribution < 1.29 is 13.2 Å². The summed E-state index contributed by atoms with van der Waals surface area (Å²) in [6.07, 6.45) is 0.581. The van der Waals surface area contributed by atoms with E-state index in [1.807, 2.05) is 32.0 Å². The summed E-state index contributed by atoms with van der Waals surface area (Å²) in [5, 5.41) is 0.611. The fourth-order valence-electron chi connectivity index (χ4n) is 3.02. The van der Waals surface area contributed by atoms with E-state index in [9.17, 15) is 13.2 Å². The van der Waals surface area contributed by atoms with Gasteiger partial charge >= 0.3 is 0 Å². The number of carbonyl (C=O) groups is 1. The Balaban J connectivity index is 2.20. The van der Waals surface area contributed by atoms with Crippen molar-refractivity contribution in [2.24, 2.45) is 5.92 Å². The fraction of sp³-hybridized carbons (Fsp3) is 0.562. The number of hydrogen-bond donors (Lipinski definition) is 0. The number of hydrogen-bond acceptors (Lipinski definition) is 3. The maximum atomic E-state index is 12.6. The molecule has 1 aliphatic rings. The Morgan fingerprint density at radius 2 is 2.00 bits per heavy atom. The van der Waals surface area contributed by atoms with E-state index in [4.69, 9.17) is 11.6 Å². The molecule has 0 aromatic heterocycles. The molecule has 1 fully saturated rings. The lowest BCUT2D eigenvalue weighted by Crippen LogP contribution is -2.42. The second-order valence-corrected chi connectivity index (χ2v) is 8.71. The standard InChI is InChI=1S/C16H23ClN2O3S/c1-12(2)16(13-7-4-5-8-14(13)17)18(3)15(20)11-19-9-6-10-23(19,21)22/h4-5,7-8,12,16H,6,9-11H2,1-3H3. The van der Waals surface area contributed by atoms with Crippen molar-refractivity contribution in [2.75, 3.05) is 25.9 Å². The van der Waals surface area contributed by atoms with Crippen molar-refractivity contribution in [3.63, 3.8) is 0 Å². The number of halogens is 1. The molecule has 5 nitrogen and oxygen atoms in total. The Kier molecular flexibility index (Phi) is 5.70. The molecular weight excluding hydrogens is 336 g/mol. The first-order chi connectivity index (χ1) is 10.7. The fourth-order valence-corrected chi connectivity index (χ4v) is 4.73. The Morgan fingerprint density at radius 3 is 2.52 bits per heavy atom. The van der Waals surface area contributed by atoms with Crippen LogP contribution in [0.25, 0.3) is 0 Å². The minimum Gasteiger partial charge on any atom is -0.337 e. The zero-order chi connectivity index (χ0) is 17.2. The van der Waals surface area contributed by atoms with Gasteiger partial charge in [-0.3, -0.25) is 4.79 Å². The molecule has 0 aliphatic carbocycles. The van der Waals surface area contributed by atoms with Gasteiger partial charge in [0.15, 0.2) is 0 Å². The molecule has 0 bridgehead atoms. The number of nitrogens with zero attached hydrogens (tertiary/aromatic N) is 2. The number of benzene rings is 1. The van der Waals surface area contributed by atoms with E-state index in [1.54, 1.807) is 18.0 Å². The van der Waals surface area contributed by atoms with Crippen LogP contribution in [-0.2, 0) is 14.8 Å². The molecule has 0 saturated carbocycles. The van der Waals surface area contributed by atoms with E-state index in [0.717, 1.165) is 5.56 Å². The van der Waals surface area contributed by atoms with Gasteiger partial charge < -0.3 is 4.90 Å². The minimum atomic E-state index is -3.27. The maximum absolute atomic E-state index is 12.6. The third-order valence-corrected chi connectivity index (χ3v) is 6.43. The number of carbonyl (C=O) groups excluding carboxylic acids is 1.